The molecule has 3 N–H and O–H groups in total. The van der Waals surface area contributed by atoms with Gasteiger partial charge in [-0.1, -0.05) is 12.8 Å². The maximum absolute atomic E-state index is 5.85. The molecule has 106 valence electrons. The first-order valence-electron chi connectivity index (χ1n) is 7.88. The molecule has 0 saturated heterocycles. The predicted molar refractivity (Wildman–Crippen MR) is 75.5 cm³/mol. The number of hydrogen-bond donors (Lipinski definition) is 2. The molecule has 2 rings (SSSR count). The van der Waals surface area contributed by atoms with Crippen molar-refractivity contribution < 1.29 is 4.74 Å². The summed E-state index contributed by atoms with van der Waals surface area (Å²) in [7, 11) is 0. The van der Waals surface area contributed by atoms with Crippen molar-refractivity contribution in [2.75, 3.05) is 32.8 Å². The summed E-state index contributed by atoms with van der Waals surface area (Å²) in [5.41, 5.74) is 5.85. The minimum atomic E-state index is 0.761. The van der Waals surface area contributed by atoms with Crippen LogP contribution in [0.1, 0.15) is 44.9 Å². The number of hydrogen-bond acceptors (Lipinski definition) is 3. The Morgan fingerprint density at radius 3 is 2.56 bits per heavy atom. The Bertz CT molecular complexity index is 219. The molecule has 2 atom stereocenters. The number of rotatable bonds is 9. The third-order valence-corrected chi connectivity index (χ3v) is 4.47. The average Bonchev–Trinajstić information content (AvgIpc) is 3.22. The molecule has 0 heterocycles. The minimum Gasteiger partial charge on any atom is -0.381 e. The van der Waals surface area contributed by atoms with Gasteiger partial charge in [0.2, 0.25) is 0 Å². The monoisotopic (exact) mass is 254 g/mol. The van der Waals surface area contributed by atoms with Crippen LogP contribution in [-0.4, -0.2) is 32.8 Å². The minimum absolute atomic E-state index is 0.761. The lowest BCUT2D eigenvalue weighted by molar-refractivity contribution is 0.121. The van der Waals surface area contributed by atoms with Crippen LogP contribution in [0.3, 0.4) is 0 Å². The summed E-state index contributed by atoms with van der Waals surface area (Å²) in [6.45, 7) is 5.05. The van der Waals surface area contributed by atoms with Crippen molar-refractivity contribution in [2.45, 2.75) is 44.9 Å². The van der Waals surface area contributed by atoms with Gasteiger partial charge in [0.05, 0.1) is 0 Å². The highest BCUT2D eigenvalue weighted by Crippen LogP contribution is 2.29. The van der Waals surface area contributed by atoms with E-state index < -0.39 is 0 Å². The van der Waals surface area contributed by atoms with E-state index in [-0.39, 0.29) is 0 Å². The predicted octanol–water partition coefficient (Wildman–Crippen LogP) is 2.16. The van der Waals surface area contributed by atoms with Gasteiger partial charge < -0.3 is 15.8 Å². The molecule has 0 radical (unpaired) electrons. The lowest BCUT2D eigenvalue weighted by Gasteiger charge is -2.30. The molecule has 2 saturated carbocycles. The van der Waals surface area contributed by atoms with Crippen molar-refractivity contribution >= 4 is 0 Å². The van der Waals surface area contributed by atoms with Crippen LogP contribution >= 0.6 is 0 Å². The number of nitrogens with one attached hydrogen (secondary N) is 1. The average molecular weight is 254 g/mol. The summed E-state index contributed by atoms with van der Waals surface area (Å²) in [6, 6.07) is 0. The summed E-state index contributed by atoms with van der Waals surface area (Å²) >= 11 is 0. The second-order valence-electron chi connectivity index (χ2n) is 6.12. The Kier molecular flexibility index (Phi) is 6.46. The second kappa shape index (κ2) is 8.13. The van der Waals surface area contributed by atoms with Crippen LogP contribution < -0.4 is 11.1 Å². The van der Waals surface area contributed by atoms with Gasteiger partial charge in [-0.05, 0) is 69.5 Å². The molecule has 0 amide bonds. The van der Waals surface area contributed by atoms with Crippen molar-refractivity contribution in [3.8, 4) is 0 Å². The Labute approximate surface area is 112 Å². The van der Waals surface area contributed by atoms with Gasteiger partial charge in [0.15, 0.2) is 0 Å². The Morgan fingerprint density at radius 1 is 1.06 bits per heavy atom. The van der Waals surface area contributed by atoms with Gasteiger partial charge in [-0.15, -0.1) is 0 Å². The van der Waals surface area contributed by atoms with Crippen LogP contribution in [0.15, 0.2) is 0 Å². The fraction of sp³-hybridized carbons (Fsp3) is 1.00. The van der Waals surface area contributed by atoms with Crippen LogP contribution in [0.25, 0.3) is 0 Å². The number of nitrogens with two attached hydrogens (primary N) is 1. The highest BCUT2D eigenvalue weighted by molar-refractivity contribution is 4.77. The van der Waals surface area contributed by atoms with Gasteiger partial charge in [-0.3, -0.25) is 0 Å². The van der Waals surface area contributed by atoms with Crippen LogP contribution in [0.4, 0.5) is 0 Å². The van der Waals surface area contributed by atoms with Crippen molar-refractivity contribution in [1.29, 1.82) is 0 Å². The molecule has 0 aliphatic heterocycles. The summed E-state index contributed by atoms with van der Waals surface area (Å²) in [4.78, 5) is 0. The molecule has 0 aromatic rings. The number of ether oxygens (including phenoxy) is 1. The maximum atomic E-state index is 5.85. The van der Waals surface area contributed by atoms with E-state index >= 15 is 0 Å². The summed E-state index contributed by atoms with van der Waals surface area (Å²) in [6.07, 6.45) is 9.41. The normalized spacial score (nSPS) is 28.5. The zero-order valence-electron chi connectivity index (χ0n) is 11.7. The topological polar surface area (TPSA) is 47.3 Å². The Morgan fingerprint density at radius 2 is 1.83 bits per heavy atom. The van der Waals surface area contributed by atoms with Crippen LogP contribution in [-0.2, 0) is 4.74 Å². The van der Waals surface area contributed by atoms with E-state index in [0.29, 0.717) is 0 Å². The first kappa shape index (κ1) is 14.3. The van der Waals surface area contributed by atoms with E-state index in [2.05, 4.69) is 5.32 Å². The highest BCUT2D eigenvalue weighted by atomic mass is 16.5. The van der Waals surface area contributed by atoms with Gasteiger partial charge in [-0.2, -0.15) is 0 Å². The molecule has 0 bridgehead atoms. The SMILES string of the molecule is NCC1CCCCC1CNCCCOCC1CC1. The molecule has 0 aromatic carbocycles. The standard InChI is InChI=1S/C15H30N2O/c16-10-14-4-1-2-5-15(14)11-17-8-3-9-18-12-13-6-7-13/h13-15,17H,1-12,16H2. The van der Waals surface area contributed by atoms with Gasteiger partial charge in [0.25, 0.3) is 0 Å². The first-order chi connectivity index (χ1) is 8.90. The zero-order valence-corrected chi connectivity index (χ0v) is 11.7. The largest absolute Gasteiger partial charge is 0.381 e. The molecule has 2 aliphatic rings. The molecule has 0 aromatic heterocycles. The van der Waals surface area contributed by atoms with Gasteiger partial charge in [-0.25, -0.2) is 0 Å². The molecule has 2 aliphatic carbocycles. The fourth-order valence-corrected chi connectivity index (χ4v) is 2.98. The lowest BCUT2D eigenvalue weighted by Crippen LogP contribution is -2.34. The molecule has 0 spiro atoms. The van der Waals surface area contributed by atoms with Gasteiger partial charge in [0, 0.05) is 13.2 Å². The van der Waals surface area contributed by atoms with E-state index in [4.69, 9.17) is 10.5 Å². The van der Waals surface area contributed by atoms with Gasteiger partial charge >= 0.3 is 0 Å². The molecular formula is C15H30N2O. The summed E-state index contributed by atoms with van der Waals surface area (Å²) < 4.78 is 5.63. The van der Waals surface area contributed by atoms with Crippen molar-refractivity contribution in [1.82, 2.24) is 5.32 Å². The van der Waals surface area contributed by atoms with Crippen LogP contribution in [0.5, 0.6) is 0 Å². The fourth-order valence-electron chi connectivity index (χ4n) is 2.98. The van der Waals surface area contributed by atoms with Crippen LogP contribution in [0, 0.1) is 17.8 Å². The molecule has 18 heavy (non-hydrogen) atoms. The van der Waals surface area contributed by atoms with Crippen molar-refractivity contribution in [3.63, 3.8) is 0 Å². The molecular weight excluding hydrogens is 224 g/mol. The van der Waals surface area contributed by atoms with Crippen LogP contribution in [0.2, 0.25) is 0 Å². The van der Waals surface area contributed by atoms with Gasteiger partial charge in [0.1, 0.15) is 0 Å². The Hall–Kier alpha value is -0.120. The zero-order chi connectivity index (χ0) is 12.6. The van der Waals surface area contributed by atoms with E-state index in [1.165, 1.54) is 38.5 Å². The van der Waals surface area contributed by atoms with E-state index in [1.54, 1.807) is 0 Å². The molecule has 2 fully saturated rings. The second-order valence-corrected chi connectivity index (χ2v) is 6.12. The molecule has 2 unspecified atom stereocenters. The summed E-state index contributed by atoms with van der Waals surface area (Å²) in [5, 5.41) is 3.59. The summed E-state index contributed by atoms with van der Waals surface area (Å²) in [5.74, 6) is 2.47. The maximum Gasteiger partial charge on any atom is 0.0494 e. The third-order valence-electron chi connectivity index (χ3n) is 4.47. The lowest BCUT2D eigenvalue weighted by atomic mass is 9.79. The molecule has 3 heteroatoms. The van der Waals surface area contributed by atoms with E-state index in [0.717, 1.165) is 57.0 Å². The first-order valence-corrected chi connectivity index (χ1v) is 7.88. The quantitative estimate of drug-likeness (QED) is 0.620. The Balaban J connectivity index is 1.43. The third kappa shape index (κ3) is 5.25. The van der Waals surface area contributed by atoms with E-state index in [1.807, 2.05) is 0 Å². The molecule has 3 nitrogen and oxygen atoms in total. The van der Waals surface area contributed by atoms with Crippen molar-refractivity contribution in [3.05, 3.63) is 0 Å². The van der Waals surface area contributed by atoms with E-state index in [9.17, 15) is 0 Å². The smallest absolute Gasteiger partial charge is 0.0494 e. The van der Waals surface area contributed by atoms with Crippen molar-refractivity contribution in [2.24, 2.45) is 23.5 Å². The highest BCUT2D eigenvalue weighted by Gasteiger charge is 2.23.